The zero-order chi connectivity index (χ0) is 21.1. The van der Waals surface area contributed by atoms with E-state index in [0.717, 1.165) is 31.5 Å². The molecule has 4 heterocycles. The highest BCUT2D eigenvalue weighted by Gasteiger charge is 2.87. The van der Waals surface area contributed by atoms with Crippen LogP contribution in [0.1, 0.15) is 38.7 Å². The number of para-hydroxylation sites is 1. The minimum atomic E-state index is -1.36. The number of esters is 2. The minimum absolute atomic E-state index is 0.153. The molecule has 1 aromatic rings. The van der Waals surface area contributed by atoms with Crippen LogP contribution in [0.5, 0.6) is 0 Å². The fraction of sp³-hybridized carbons (Fsp3) is 0.652. The molecule has 5 aliphatic rings. The van der Waals surface area contributed by atoms with Crippen LogP contribution in [0.3, 0.4) is 0 Å². The second-order valence-corrected chi connectivity index (χ2v) is 9.60. The van der Waals surface area contributed by atoms with Crippen LogP contribution in [0, 0.1) is 5.41 Å². The molecule has 7 nitrogen and oxygen atoms in total. The number of carbonyl (C=O) groups excluding carboxylic acids is 2. The smallest absolute Gasteiger partial charge is 0.344 e. The Bertz CT molecular complexity index is 967. The molecule has 7 heteroatoms. The highest BCUT2D eigenvalue weighted by molar-refractivity contribution is 5.87. The lowest BCUT2D eigenvalue weighted by Gasteiger charge is -2.62. The average Bonchev–Trinajstić information content (AvgIpc) is 3.31. The lowest BCUT2D eigenvalue weighted by molar-refractivity contribution is -0.268. The fourth-order valence-corrected chi connectivity index (χ4v) is 8.23. The number of fused-ring (bicyclic) bond motifs is 5. The molecular formula is C23H28N2O5. The Kier molecular flexibility index (Phi) is 3.46. The summed E-state index contributed by atoms with van der Waals surface area (Å²) in [6.45, 7) is 4.49. The third kappa shape index (κ3) is 1.67. The third-order valence-electron chi connectivity index (χ3n) is 8.83. The lowest BCUT2D eigenvalue weighted by atomic mass is 9.48. The maximum Gasteiger partial charge on any atom is 0.344 e. The summed E-state index contributed by atoms with van der Waals surface area (Å²) < 4.78 is 18.2. The van der Waals surface area contributed by atoms with Gasteiger partial charge in [-0.15, -0.1) is 0 Å². The van der Waals surface area contributed by atoms with Crippen molar-refractivity contribution in [3.05, 3.63) is 29.8 Å². The predicted molar refractivity (Wildman–Crippen MR) is 108 cm³/mol. The van der Waals surface area contributed by atoms with Crippen molar-refractivity contribution in [3.8, 4) is 0 Å². The number of nitrogens with zero attached hydrogens (tertiary/aromatic N) is 2. The van der Waals surface area contributed by atoms with Gasteiger partial charge in [0.1, 0.15) is 6.23 Å². The summed E-state index contributed by atoms with van der Waals surface area (Å²) in [4.78, 5) is 30.6. The molecular weight excluding hydrogens is 384 g/mol. The molecule has 0 unspecified atom stereocenters. The number of anilines is 1. The summed E-state index contributed by atoms with van der Waals surface area (Å²) >= 11 is 0. The van der Waals surface area contributed by atoms with Gasteiger partial charge >= 0.3 is 11.9 Å². The predicted octanol–water partition coefficient (Wildman–Crippen LogP) is 1.83. The highest BCUT2D eigenvalue weighted by Crippen LogP contribution is 2.73. The topological polar surface area (TPSA) is 68.3 Å². The van der Waals surface area contributed by atoms with Crippen molar-refractivity contribution >= 4 is 17.6 Å². The van der Waals surface area contributed by atoms with Crippen molar-refractivity contribution in [3.63, 3.8) is 0 Å². The first-order valence-corrected chi connectivity index (χ1v) is 10.9. The molecule has 4 fully saturated rings. The SMILES string of the molecule is CC[C@]12C[C@@H]3O[C@](C(=O)OC)([C@@H]1OC(C)=O)[C@@H]1N(C)c4ccccc4[C@@]14CCN3[C@@H]24. The number of carbonyl (C=O) groups is 2. The van der Waals surface area contributed by atoms with Crippen LogP contribution in [-0.2, 0) is 29.2 Å². The van der Waals surface area contributed by atoms with Gasteiger partial charge in [-0.3, -0.25) is 9.69 Å². The molecule has 160 valence electrons. The molecule has 0 radical (unpaired) electrons. The van der Waals surface area contributed by atoms with Gasteiger partial charge in [0.25, 0.3) is 0 Å². The molecule has 3 saturated heterocycles. The molecule has 1 aliphatic carbocycles. The van der Waals surface area contributed by atoms with Gasteiger partial charge in [-0.1, -0.05) is 25.1 Å². The first-order chi connectivity index (χ1) is 14.4. The monoisotopic (exact) mass is 412 g/mol. The van der Waals surface area contributed by atoms with E-state index in [2.05, 4.69) is 34.9 Å². The summed E-state index contributed by atoms with van der Waals surface area (Å²) in [6.07, 6.45) is 1.69. The number of hydrogen-bond acceptors (Lipinski definition) is 7. The van der Waals surface area contributed by atoms with Crippen LogP contribution in [0.15, 0.2) is 24.3 Å². The van der Waals surface area contributed by atoms with Crippen molar-refractivity contribution in [2.75, 3.05) is 25.6 Å². The van der Waals surface area contributed by atoms with E-state index in [4.69, 9.17) is 14.2 Å². The van der Waals surface area contributed by atoms with E-state index in [1.165, 1.54) is 19.6 Å². The normalized spacial score (nSPS) is 44.7. The molecule has 0 aromatic heterocycles. The van der Waals surface area contributed by atoms with Crippen molar-refractivity contribution < 1.29 is 23.8 Å². The van der Waals surface area contributed by atoms with Gasteiger partial charge < -0.3 is 19.1 Å². The molecule has 6 rings (SSSR count). The average molecular weight is 412 g/mol. The first kappa shape index (κ1) is 18.6. The van der Waals surface area contributed by atoms with Crippen molar-refractivity contribution in [1.29, 1.82) is 0 Å². The van der Waals surface area contributed by atoms with E-state index in [-0.39, 0.29) is 35.1 Å². The quantitative estimate of drug-likeness (QED) is 0.702. The third-order valence-corrected chi connectivity index (χ3v) is 8.83. The largest absolute Gasteiger partial charge is 0.467 e. The minimum Gasteiger partial charge on any atom is -0.467 e. The summed E-state index contributed by atoms with van der Waals surface area (Å²) in [5.41, 5.74) is 0.424. The van der Waals surface area contributed by atoms with E-state index in [1.54, 1.807) is 0 Å². The number of likely N-dealkylation sites (N-methyl/N-ethyl adjacent to an activating group) is 1. The van der Waals surface area contributed by atoms with Crippen LogP contribution < -0.4 is 4.90 Å². The van der Waals surface area contributed by atoms with Crippen molar-refractivity contribution in [1.82, 2.24) is 4.90 Å². The maximum atomic E-state index is 13.6. The van der Waals surface area contributed by atoms with Crippen LogP contribution in [0.2, 0.25) is 0 Å². The zero-order valence-electron chi connectivity index (χ0n) is 17.9. The van der Waals surface area contributed by atoms with E-state index < -0.39 is 17.7 Å². The van der Waals surface area contributed by atoms with Gasteiger partial charge in [-0.05, 0) is 30.9 Å². The van der Waals surface area contributed by atoms with Crippen LogP contribution in [-0.4, -0.2) is 67.6 Å². The lowest BCUT2D eigenvalue weighted by Crippen LogP contribution is -2.81. The molecule has 7 atom stereocenters. The first-order valence-electron chi connectivity index (χ1n) is 10.9. The maximum absolute atomic E-state index is 13.6. The number of hydrogen-bond donors (Lipinski definition) is 0. The van der Waals surface area contributed by atoms with Gasteiger partial charge in [0.05, 0.1) is 13.2 Å². The highest BCUT2D eigenvalue weighted by atomic mass is 16.6. The van der Waals surface area contributed by atoms with Crippen LogP contribution >= 0.6 is 0 Å². The Labute approximate surface area is 176 Å². The second kappa shape index (κ2) is 5.56. The van der Waals surface area contributed by atoms with E-state index >= 15 is 0 Å². The Morgan fingerprint density at radius 1 is 1.27 bits per heavy atom. The van der Waals surface area contributed by atoms with Crippen molar-refractivity contribution in [2.45, 2.75) is 68.5 Å². The van der Waals surface area contributed by atoms with Crippen LogP contribution in [0.25, 0.3) is 0 Å². The summed E-state index contributed by atoms with van der Waals surface area (Å²) in [5.74, 6) is -0.822. The molecule has 0 N–H and O–H groups in total. The van der Waals surface area contributed by atoms with Gasteiger partial charge in [0.2, 0.25) is 5.60 Å². The Hall–Kier alpha value is -2.12. The molecule has 1 aromatic carbocycles. The van der Waals surface area contributed by atoms with E-state index in [1.807, 2.05) is 13.1 Å². The Balaban J connectivity index is 1.71. The standard InChI is InChI=1S/C23H28N2O5/c1-5-21-12-16-25-11-10-22(17(21)25)14-8-6-7-9-15(14)24(3)18(22)23(30-16,20(27)28-4)19(21)29-13(2)26/h6-9,16-19H,5,10-12H2,1-4H3/t16-,17-,18+,19+,21+,22+,23-/m0/s1. The Morgan fingerprint density at radius 3 is 2.73 bits per heavy atom. The molecule has 0 amide bonds. The number of methoxy groups -OCH3 is 1. The molecule has 1 spiro atoms. The number of rotatable bonds is 3. The van der Waals surface area contributed by atoms with Gasteiger partial charge in [0.15, 0.2) is 6.10 Å². The van der Waals surface area contributed by atoms with Gasteiger partial charge in [-0.25, -0.2) is 4.79 Å². The van der Waals surface area contributed by atoms with Gasteiger partial charge in [0, 0.05) is 43.1 Å². The summed E-state index contributed by atoms with van der Waals surface area (Å²) in [7, 11) is 3.44. The van der Waals surface area contributed by atoms with E-state index in [0.29, 0.717) is 0 Å². The molecule has 30 heavy (non-hydrogen) atoms. The van der Waals surface area contributed by atoms with Crippen LogP contribution in [0.4, 0.5) is 5.69 Å². The number of ether oxygens (including phenoxy) is 3. The molecule has 4 aliphatic heterocycles. The molecule has 1 saturated carbocycles. The Morgan fingerprint density at radius 2 is 2.03 bits per heavy atom. The second-order valence-electron chi connectivity index (χ2n) is 9.60. The van der Waals surface area contributed by atoms with Gasteiger partial charge in [-0.2, -0.15) is 0 Å². The summed E-state index contributed by atoms with van der Waals surface area (Å²) in [6, 6.07) is 8.32. The fourth-order valence-electron chi connectivity index (χ4n) is 8.23. The summed E-state index contributed by atoms with van der Waals surface area (Å²) in [5, 5.41) is 0. The zero-order valence-corrected chi connectivity index (χ0v) is 17.9. The van der Waals surface area contributed by atoms with E-state index in [9.17, 15) is 9.59 Å². The molecule has 3 bridgehead atoms. The number of benzene rings is 1. The van der Waals surface area contributed by atoms with Crippen molar-refractivity contribution in [2.24, 2.45) is 5.41 Å².